The van der Waals surface area contributed by atoms with E-state index in [-0.39, 0.29) is 0 Å². The van der Waals surface area contributed by atoms with Gasteiger partial charge in [0.2, 0.25) is 0 Å². The first-order valence-corrected chi connectivity index (χ1v) is 3.88. The Morgan fingerprint density at radius 3 is 2.00 bits per heavy atom. The van der Waals surface area contributed by atoms with Gasteiger partial charge in [-0.15, -0.1) is 0 Å². The van der Waals surface area contributed by atoms with Gasteiger partial charge in [-0.3, -0.25) is 4.79 Å². The smallest absolute Gasteiger partial charge is 0.339 e. The van der Waals surface area contributed by atoms with E-state index in [1.54, 1.807) is 0 Å². The zero-order valence-corrected chi connectivity index (χ0v) is 7.87. The van der Waals surface area contributed by atoms with Gasteiger partial charge in [0, 0.05) is 6.08 Å². The second-order valence-electron chi connectivity index (χ2n) is 2.49. The number of carboxylic acid groups (broad SMARTS) is 2. The van der Waals surface area contributed by atoms with Gasteiger partial charge in [0.15, 0.2) is 0 Å². The lowest BCUT2D eigenvalue weighted by Crippen LogP contribution is -2.18. The van der Waals surface area contributed by atoms with Crippen LogP contribution in [0.1, 0.15) is 6.42 Å². The quantitative estimate of drug-likeness (QED) is 0.297. The summed E-state index contributed by atoms with van der Waals surface area (Å²) in [6, 6.07) is 0. The Morgan fingerprint density at radius 2 is 1.62 bits per heavy atom. The summed E-state index contributed by atoms with van der Waals surface area (Å²) in [7, 11) is 0. The molecule has 0 bridgehead atoms. The lowest BCUT2D eigenvalue weighted by molar-refractivity contribution is -0.161. The van der Waals surface area contributed by atoms with E-state index in [2.05, 4.69) is 4.74 Å². The van der Waals surface area contributed by atoms with E-state index in [4.69, 9.17) is 15.3 Å². The average molecular weight is 232 g/mol. The maximum absolute atomic E-state index is 10.9. The maximum atomic E-state index is 10.9. The highest BCUT2D eigenvalue weighted by atomic mass is 16.6. The number of carbonyl (C=O) groups excluding carboxylic acids is 2. The van der Waals surface area contributed by atoms with Crippen molar-refractivity contribution in [3.63, 3.8) is 0 Å². The molecule has 0 aromatic rings. The van der Waals surface area contributed by atoms with Crippen molar-refractivity contribution in [3.8, 4) is 0 Å². The summed E-state index contributed by atoms with van der Waals surface area (Å²) in [4.78, 5) is 41.9. The highest BCUT2D eigenvalue weighted by molar-refractivity contribution is 5.99. The highest BCUT2D eigenvalue weighted by Crippen LogP contribution is 2.03. The van der Waals surface area contributed by atoms with Crippen molar-refractivity contribution >= 4 is 23.9 Å². The molecule has 0 aliphatic heterocycles. The largest absolute Gasteiger partial charge is 0.478 e. The van der Waals surface area contributed by atoms with Gasteiger partial charge in [-0.25, -0.2) is 14.4 Å². The van der Waals surface area contributed by atoms with E-state index in [0.29, 0.717) is 6.08 Å². The van der Waals surface area contributed by atoms with Crippen molar-refractivity contribution in [2.45, 2.75) is 6.42 Å². The lowest BCUT2D eigenvalue weighted by Gasteiger charge is -2.01. The molecule has 3 N–H and O–H groups in total. The van der Waals surface area contributed by atoms with E-state index in [1.807, 2.05) is 0 Å². The molecule has 0 saturated carbocycles. The minimum absolute atomic E-state index is 0.313. The Bertz CT molecular complexity index is 353. The van der Waals surface area contributed by atoms with Crippen LogP contribution in [0.5, 0.6) is 0 Å². The molecule has 0 heterocycles. The fourth-order valence-electron chi connectivity index (χ4n) is 0.688. The molecule has 8 heteroatoms. The molecule has 0 fully saturated rings. The number of hydrogen-bond donors (Lipinski definition) is 3. The number of carboxylic acids is 2. The minimum atomic E-state index is -1.62. The van der Waals surface area contributed by atoms with Crippen molar-refractivity contribution in [1.29, 1.82) is 0 Å². The number of ether oxygens (including phenoxy) is 1. The van der Waals surface area contributed by atoms with Crippen LogP contribution in [0.3, 0.4) is 0 Å². The van der Waals surface area contributed by atoms with Crippen LogP contribution in [0, 0.1) is 0 Å². The molecule has 0 saturated heterocycles. The molecule has 0 atom stereocenters. The van der Waals surface area contributed by atoms with E-state index < -0.39 is 42.5 Å². The number of carbonyl (C=O) groups is 4. The van der Waals surface area contributed by atoms with Crippen molar-refractivity contribution in [2.24, 2.45) is 0 Å². The van der Waals surface area contributed by atoms with Crippen LogP contribution in [0.4, 0.5) is 0 Å². The number of esters is 2. The molecule has 0 aliphatic rings. The third kappa shape index (κ3) is 5.50. The van der Waals surface area contributed by atoms with Crippen molar-refractivity contribution in [1.82, 2.24) is 0 Å². The monoisotopic (exact) mass is 232 g/mol. The topological polar surface area (TPSA) is 138 Å². The van der Waals surface area contributed by atoms with Gasteiger partial charge in [0.25, 0.3) is 0 Å². The fraction of sp³-hybridized carbons (Fsp3) is 0.250. The molecule has 0 aliphatic carbocycles. The molecule has 0 aromatic carbocycles. The predicted octanol–water partition coefficient (Wildman–Crippen LogP) is -1.47. The SMILES string of the molecule is O=C(O)C=C(CC(=O)OC(=O)CO)C(=O)O. The Hall–Kier alpha value is -2.22. The summed E-state index contributed by atoms with van der Waals surface area (Å²) in [6.07, 6.45) is -0.569. The normalized spacial score (nSPS) is 10.7. The Morgan fingerprint density at radius 1 is 1.06 bits per heavy atom. The molecular weight excluding hydrogens is 224 g/mol. The standard InChI is InChI=1S/C8H8O8/c9-3-7(13)16-6(12)2-4(8(14)15)1-5(10)11/h1,9H,2-3H2,(H,10,11)(H,14,15). The number of aliphatic carboxylic acids is 2. The summed E-state index contributed by atoms with van der Waals surface area (Å²) < 4.78 is 3.94. The van der Waals surface area contributed by atoms with Crippen molar-refractivity contribution in [2.75, 3.05) is 6.61 Å². The molecule has 8 nitrogen and oxygen atoms in total. The summed E-state index contributed by atoms with van der Waals surface area (Å²) in [5.41, 5.74) is -0.733. The molecule has 0 rings (SSSR count). The van der Waals surface area contributed by atoms with Crippen LogP contribution in [0.15, 0.2) is 11.6 Å². The lowest BCUT2D eigenvalue weighted by atomic mass is 10.2. The van der Waals surface area contributed by atoms with Crippen LogP contribution >= 0.6 is 0 Å². The van der Waals surface area contributed by atoms with Gasteiger partial charge < -0.3 is 20.1 Å². The zero-order chi connectivity index (χ0) is 12.7. The molecule has 0 spiro atoms. The first kappa shape index (κ1) is 13.8. The molecule has 16 heavy (non-hydrogen) atoms. The molecule has 0 unspecified atom stereocenters. The van der Waals surface area contributed by atoms with Crippen LogP contribution in [0.25, 0.3) is 0 Å². The summed E-state index contributed by atoms with van der Waals surface area (Å²) in [6.45, 7) is -1.03. The summed E-state index contributed by atoms with van der Waals surface area (Å²) in [5.74, 6) is -5.66. The first-order chi connectivity index (χ1) is 7.36. The summed E-state index contributed by atoms with van der Waals surface area (Å²) in [5, 5.41) is 25.0. The number of aliphatic hydroxyl groups excluding tert-OH is 1. The number of aliphatic hydroxyl groups is 1. The van der Waals surface area contributed by atoms with Gasteiger partial charge in [-0.1, -0.05) is 0 Å². The van der Waals surface area contributed by atoms with Crippen LogP contribution < -0.4 is 0 Å². The second kappa shape index (κ2) is 6.30. The van der Waals surface area contributed by atoms with E-state index in [0.717, 1.165) is 0 Å². The van der Waals surface area contributed by atoms with Gasteiger partial charge >= 0.3 is 23.9 Å². The summed E-state index contributed by atoms with van der Waals surface area (Å²) >= 11 is 0. The van der Waals surface area contributed by atoms with Crippen molar-refractivity contribution in [3.05, 3.63) is 11.6 Å². The van der Waals surface area contributed by atoms with Crippen LogP contribution in [-0.2, 0) is 23.9 Å². The fourth-order valence-corrected chi connectivity index (χ4v) is 0.688. The third-order valence-corrected chi connectivity index (χ3v) is 1.26. The molecule has 0 amide bonds. The molecule has 0 aromatic heterocycles. The van der Waals surface area contributed by atoms with E-state index >= 15 is 0 Å². The van der Waals surface area contributed by atoms with Crippen LogP contribution in [-0.4, -0.2) is 45.8 Å². The Balaban J connectivity index is 4.54. The average Bonchev–Trinajstić information content (AvgIpc) is 2.15. The minimum Gasteiger partial charge on any atom is -0.478 e. The first-order valence-electron chi connectivity index (χ1n) is 3.88. The van der Waals surface area contributed by atoms with Gasteiger partial charge in [-0.05, 0) is 0 Å². The predicted molar refractivity (Wildman–Crippen MR) is 46.2 cm³/mol. The Kier molecular flexibility index (Phi) is 5.42. The van der Waals surface area contributed by atoms with Crippen LogP contribution in [0.2, 0.25) is 0 Å². The maximum Gasteiger partial charge on any atom is 0.339 e. The molecule has 0 radical (unpaired) electrons. The molecular formula is C8H8O8. The Labute approximate surface area is 88.7 Å². The van der Waals surface area contributed by atoms with Gasteiger partial charge in [-0.2, -0.15) is 0 Å². The van der Waals surface area contributed by atoms with Gasteiger partial charge in [0.05, 0.1) is 12.0 Å². The van der Waals surface area contributed by atoms with E-state index in [9.17, 15) is 19.2 Å². The number of rotatable bonds is 5. The number of hydrogen-bond acceptors (Lipinski definition) is 6. The third-order valence-electron chi connectivity index (χ3n) is 1.26. The van der Waals surface area contributed by atoms with E-state index in [1.165, 1.54) is 0 Å². The zero-order valence-electron chi connectivity index (χ0n) is 7.87. The second-order valence-corrected chi connectivity index (χ2v) is 2.49. The highest BCUT2D eigenvalue weighted by Gasteiger charge is 2.17. The van der Waals surface area contributed by atoms with Crippen molar-refractivity contribution < 1.29 is 39.2 Å². The molecule has 88 valence electrons. The van der Waals surface area contributed by atoms with Gasteiger partial charge in [0.1, 0.15) is 6.61 Å².